The molecular weight excluding hydrogens is 319 g/mol. The number of aryl methyl sites for hydroxylation is 1. The van der Waals surface area contributed by atoms with Crippen molar-refractivity contribution in [3.05, 3.63) is 40.7 Å². The molecule has 118 valence electrons. The largest absolute Gasteiger partial charge is 0.352 e. The number of pyridine rings is 1. The van der Waals surface area contributed by atoms with Crippen LogP contribution >= 0.6 is 11.6 Å². The van der Waals surface area contributed by atoms with Gasteiger partial charge in [-0.2, -0.15) is 5.26 Å². The maximum Gasteiger partial charge on any atom is 0.186 e. The SMILES string of the molecule is Cc1ncnc(N2CCN(c3ncc(C#N)cc3Cl)CC2)c1F. The number of hydrogen-bond acceptors (Lipinski definition) is 6. The summed E-state index contributed by atoms with van der Waals surface area (Å²) >= 11 is 6.19. The molecule has 1 saturated heterocycles. The molecule has 0 spiro atoms. The molecule has 2 aromatic rings. The van der Waals surface area contributed by atoms with E-state index in [0.717, 1.165) is 0 Å². The third kappa shape index (κ3) is 3.03. The topological polar surface area (TPSA) is 68.9 Å². The molecule has 0 unspecified atom stereocenters. The van der Waals surface area contributed by atoms with Crippen LogP contribution in [0.5, 0.6) is 0 Å². The van der Waals surface area contributed by atoms with E-state index in [0.29, 0.717) is 54.1 Å². The van der Waals surface area contributed by atoms with E-state index in [9.17, 15) is 4.39 Å². The van der Waals surface area contributed by atoms with Gasteiger partial charge in [-0.25, -0.2) is 19.3 Å². The minimum Gasteiger partial charge on any atom is -0.352 e. The number of hydrogen-bond donors (Lipinski definition) is 0. The summed E-state index contributed by atoms with van der Waals surface area (Å²) in [4.78, 5) is 16.1. The Morgan fingerprint density at radius 2 is 1.78 bits per heavy atom. The molecule has 0 N–H and O–H groups in total. The minimum absolute atomic E-state index is 0.330. The summed E-state index contributed by atoms with van der Waals surface area (Å²) in [5.41, 5.74) is 0.769. The van der Waals surface area contributed by atoms with Crippen molar-refractivity contribution < 1.29 is 4.39 Å². The molecule has 0 bridgehead atoms. The molecule has 23 heavy (non-hydrogen) atoms. The summed E-state index contributed by atoms with van der Waals surface area (Å²) in [7, 11) is 0. The summed E-state index contributed by atoms with van der Waals surface area (Å²) in [5, 5.41) is 9.30. The van der Waals surface area contributed by atoms with Crippen molar-refractivity contribution in [3.8, 4) is 6.07 Å². The second-order valence-electron chi connectivity index (χ2n) is 5.21. The normalized spacial score (nSPS) is 14.7. The summed E-state index contributed by atoms with van der Waals surface area (Å²) in [6, 6.07) is 3.61. The molecule has 0 saturated carbocycles. The summed E-state index contributed by atoms with van der Waals surface area (Å²) < 4.78 is 14.1. The van der Waals surface area contributed by atoms with E-state index in [4.69, 9.17) is 16.9 Å². The molecule has 6 nitrogen and oxygen atoms in total. The van der Waals surface area contributed by atoms with Gasteiger partial charge in [-0.15, -0.1) is 0 Å². The van der Waals surface area contributed by atoms with Crippen LogP contribution < -0.4 is 9.80 Å². The lowest BCUT2D eigenvalue weighted by Gasteiger charge is -2.36. The summed E-state index contributed by atoms with van der Waals surface area (Å²) in [5.74, 6) is 0.594. The number of nitriles is 1. The molecule has 0 aromatic carbocycles. The van der Waals surface area contributed by atoms with Gasteiger partial charge < -0.3 is 9.80 Å². The Labute approximate surface area is 138 Å². The van der Waals surface area contributed by atoms with Crippen molar-refractivity contribution in [1.82, 2.24) is 15.0 Å². The number of halogens is 2. The van der Waals surface area contributed by atoms with Gasteiger partial charge in [0.05, 0.1) is 16.3 Å². The second-order valence-corrected chi connectivity index (χ2v) is 5.62. The van der Waals surface area contributed by atoms with E-state index in [2.05, 4.69) is 15.0 Å². The van der Waals surface area contributed by atoms with E-state index in [1.54, 1.807) is 13.0 Å². The average molecular weight is 333 g/mol. The van der Waals surface area contributed by atoms with Gasteiger partial charge in [-0.1, -0.05) is 11.6 Å². The standard InChI is InChI=1S/C15H14ClFN6/c1-10-13(17)15(21-9-20-10)23-4-2-22(3-5-23)14-12(16)6-11(7-18)8-19-14/h6,8-9H,2-5H2,1H3. The first kappa shape index (κ1) is 15.4. The van der Waals surface area contributed by atoms with E-state index in [-0.39, 0.29) is 5.82 Å². The number of rotatable bonds is 2. The van der Waals surface area contributed by atoms with Crippen LogP contribution in [-0.4, -0.2) is 41.1 Å². The van der Waals surface area contributed by atoms with Gasteiger partial charge in [0.1, 0.15) is 18.2 Å². The highest BCUT2D eigenvalue weighted by molar-refractivity contribution is 6.33. The van der Waals surface area contributed by atoms with Gasteiger partial charge in [0.25, 0.3) is 0 Å². The molecule has 0 aliphatic carbocycles. The molecule has 1 fully saturated rings. The molecule has 0 radical (unpaired) electrons. The van der Waals surface area contributed by atoms with Crippen molar-refractivity contribution in [3.63, 3.8) is 0 Å². The molecule has 0 atom stereocenters. The molecule has 3 heterocycles. The van der Waals surface area contributed by atoms with Gasteiger partial charge in [-0.05, 0) is 13.0 Å². The van der Waals surface area contributed by atoms with E-state index >= 15 is 0 Å². The maximum absolute atomic E-state index is 14.1. The van der Waals surface area contributed by atoms with Crippen molar-refractivity contribution in [2.24, 2.45) is 0 Å². The predicted molar refractivity (Wildman–Crippen MR) is 85.1 cm³/mol. The molecule has 0 amide bonds. The molecule has 1 aliphatic rings. The lowest BCUT2D eigenvalue weighted by Crippen LogP contribution is -2.47. The Hall–Kier alpha value is -2.46. The second kappa shape index (κ2) is 6.34. The third-order valence-electron chi connectivity index (χ3n) is 3.77. The fourth-order valence-corrected chi connectivity index (χ4v) is 2.81. The van der Waals surface area contributed by atoms with Crippen LogP contribution in [0.1, 0.15) is 11.3 Å². The fourth-order valence-electron chi connectivity index (χ4n) is 2.52. The van der Waals surface area contributed by atoms with E-state index < -0.39 is 0 Å². The van der Waals surface area contributed by atoms with Crippen LogP contribution in [0, 0.1) is 24.1 Å². The van der Waals surface area contributed by atoms with Crippen LogP contribution in [0.4, 0.5) is 16.0 Å². The van der Waals surface area contributed by atoms with Gasteiger partial charge in [-0.3, -0.25) is 0 Å². The predicted octanol–water partition coefficient (Wildman–Crippen LogP) is 2.17. The van der Waals surface area contributed by atoms with Gasteiger partial charge in [0.2, 0.25) is 0 Å². The van der Waals surface area contributed by atoms with Crippen molar-refractivity contribution in [1.29, 1.82) is 5.26 Å². The fraction of sp³-hybridized carbons (Fsp3) is 0.333. The zero-order valence-corrected chi connectivity index (χ0v) is 13.3. The van der Waals surface area contributed by atoms with Crippen LogP contribution in [0.2, 0.25) is 5.02 Å². The summed E-state index contributed by atoms with van der Waals surface area (Å²) in [6.07, 6.45) is 2.88. The monoisotopic (exact) mass is 332 g/mol. The Kier molecular flexibility index (Phi) is 4.26. The van der Waals surface area contributed by atoms with E-state index in [1.807, 2.05) is 15.9 Å². The Morgan fingerprint density at radius 1 is 1.13 bits per heavy atom. The molecule has 3 rings (SSSR count). The van der Waals surface area contributed by atoms with Gasteiger partial charge in [0, 0.05) is 32.4 Å². The van der Waals surface area contributed by atoms with Gasteiger partial charge >= 0.3 is 0 Å². The number of aromatic nitrogens is 3. The zero-order chi connectivity index (χ0) is 16.4. The first-order chi connectivity index (χ1) is 11.1. The van der Waals surface area contributed by atoms with Crippen LogP contribution in [0.15, 0.2) is 18.6 Å². The first-order valence-electron chi connectivity index (χ1n) is 7.13. The Bertz CT molecular complexity index is 767. The highest BCUT2D eigenvalue weighted by Crippen LogP contribution is 2.26. The first-order valence-corrected chi connectivity index (χ1v) is 7.50. The van der Waals surface area contributed by atoms with Crippen LogP contribution in [-0.2, 0) is 0 Å². The van der Waals surface area contributed by atoms with Crippen molar-refractivity contribution in [2.45, 2.75) is 6.92 Å². The molecule has 2 aromatic heterocycles. The minimum atomic E-state index is -0.379. The number of anilines is 2. The Balaban J connectivity index is 1.74. The van der Waals surface area contributed by atoms with Gasteiger partial charge in [0.15, 0.2) is 11.6 Å². The number of nitrogens with zero attached hydrogens (tertiary/aromatic N) is 6. The van der Waals surface area contributed by atoms with Crippen LogP contribution in [0.25, 0.3) is 0 Å². The smallest absolute Gasteiger partial charge is 0.186 e. The lowest BCUT2D eigenvalue weighted by atomic mass is 10.2. The summed E-state index contributed by atoms with van der Waals surface area (Å²) in [6.45, 7) is 4.11. The molecule has 1 aliphatic heterocycles. The molecule has 8 heteroatoms. The van der Waals surface area contributed by atoms with Crippen molar-refractivity contribution in [2.75, 3.05) is 36.0 Å². The lowest BCUT2D eigenvalue weighted by molar-refractivity contribution is 0.573. The maximum atomic E-state index is 14.1. The quantitative estimate of drug-likeness (QED) is 0.839. The zero-order valence-electron chi connectivity index (χ0n) is 12.5. The highest BCUT2D eigenvalue weighted by Gasteiger charge is 2.23. The van der Waals surface area contributed by atoms with Crippen LogP contribution in [0.3, 0.4) is 0 Å². The van der Waals surface area contributed by atoms with E-state index in [1.165, 1.54) is 12.5 Å². The highest BCUT2D eigenvalue weighted by atomic mass is 35.5. The third-order valence-corrected chi connectivity index (χ3v) is 4.05. The molecular formula is C15H14ClFN6. The number of piperazine rings is 1. The van der Waals surface area contributed by atoms with Crippen molar-refractivity contribution >= 4 is 23.2 Å². The Morgan fingerprint density at radius 3 is 2.39 bits per heavy atom. The average Bonchev–Trinajstić information content (AvgIpc) is 2.57.